The van der Waals surface area contributed by atoms with Gasteiger partial charge in [0.25, 0.3) is 8.96 Å². The molecule has 4 rings (SSSR count). The molecule has 0 spiro atoms. The van der Waals surface area contributed by atoms with E-state index < -0.39 is 36.8 Å². The van der Waals surface area contributed by atoms with Crippen molar-refractivity contribution in [1.29, 1.82) is 0 Å². The van der Waals surface area contributed by atoms with Crippen LogP contribution >= 0.6 is 0 Å². The van der Waals surface area contributed by atoms with E-state index in [2.05, 4.69) is 0 Å². The molecular weight excluding hydrogens is 541 g/mol. The molecule has 4 aromatic rings. The fourth-order valence-electron chi connectivity index (χ4n) is 2.96. The Hall–Kier alpha value is -2.96. The first kappa shape index (κ1) is 27.6. The number of aryl methyl sites for hydroxylation is 1. The van der Waals surface area contributed by atoms with Crippen molar-refractivity contribution in [3.8, 4) is 0 Å². The number of hydrogen-bond acceptors (Lipinski definition) is 7. The summed E-state index contributed by atoms with van der Waals surface area (Å²) < 4.78 is 83.9. The Morgan fingerprint density at radius 1 is 0.500 bits per heavy atom. The second-order valence-electron chi connectivity index (χ2n) is 7.35. The van der Waals surface area contributed by atoms with E-state index >= 15 is 0 Å². The lowest BCUT2D eigenvalue weighted by molar-refractivity contribution is 0.463. The summed E-state index contributed by atoms with van der Waals surface area (Å²) in [5, 5.41) is 0. The van der Waals surface area contributed by atoms with E-state index in [1.54, 1.807) is 66.7 Å². The molecule has 36 heavy (non-hydrogen) atoms. The molecule has 0 amide bonds. The van der Waals surface area contributed by atoms with E-state index in [9.17, 15) is 29.8 Å². The molecule has 0 aliphatic rings. The van der Waals surface area contributed by atoms with Crippen molar-refractivity contribution in [2.45, 2.75) is 26.5 Å². The van der Waals surface area contributed by atoms with Gasteiger partial charge in [0.15, 0.2) is 4.90 Å². The van der Waals surface area contributed by atoms with Gasteiger partial charge in [0.2, 0.25) is 0 Å². The minimum absolute atomic E-state index is 0.0123. The zero-order chi connectivity index (χ0) is 26.4. The van der Waals surface area contributed by atoms with Gasteiger partial charge < -0.3 is 4.55 Å². The van der Waals surface area contributed by atoms with Crippen molar-refractivity contribution in [3.05, 3.63) is 121 Å². The third-order valence-electron chi connectivity index (χ3n) is 4.71. The molecule has 0 unspecified atom stereocenters. The second kappa shape index (κ2) is 11.4. The van der Waals surface area contributed by atoms with Crippen LogP contribution < -0.4 is 0 Å². The molecule has 188 valence electrons. The third kappa shape index (κ3) is 6.62. The third-order valence-corrected chi connectivity index (χ3v) is 16.6. The zero-order valence-electron chi connectivity index (χ0n) is 19.0. The van der Waals surface area contributed by atoms with Gasteiger partial charge in [0.05, 0.1) is 4.90 Å². The van der Waals surface area contributed by atoms with Crippen LogP contribution in [0.25, 0.3) is 0 Å². The van der Waals surface area contributed by atoms with Gasteiger partial charge in [0.1, 0.15) is 19.9 Å². The average molecular weight is 563 g/mol. The predicted molar refractivity (Wildman–Crippen MR) is 138 cm³/mol. The Morgan fingerprint density at radius 3 is 1.22 bits per heavy atom. The highest BCUT2D eigenvalue weighted by atomic mass is 33.6. The van der Waals surface area contributed by atoms with E-state index in [4.69, 9.17) is 0 Å². The van der Waals surface area contributed by atoms with E-state index in [0.29, 0.717) is 0 Å². The number of hydrogen-bond donors (Lipinski definition) is 0. The first-order chi connectivity index (χ1) is 16.9. The Kier molecular flexibility index (Phi) is 8.75. The highest BCUT2D eigenvalue weighted by Crippen LogP contribution is 2.35. The smallest absolute Gasteiger partial charge is 0.367 e. The van der Waals surface area contributed by atoms with Crippen molar-refractivity contribution >= 4 is 36.8 Å². The molecule has 0 saturated carbocycles. The van der Waals surface area contributed by atoms with Crippen LogP contribution in [-0.4, -0.2) is 29.8 Å². The lowest BCUT2D eigenvalue weighted by Crippen LogP contribution is -2.26. The SMILES string of the molecule is Cc1ccc(S(=O)(=O)[O-])cc1.O=S(=O)(c1ccccc1)[S+](c1ccccc1)S(=O)(=O)c1ccccc1. The molecule has 0 heterocycles. The van der Waals surface area contributed by atoms with Gasteiger partial charge in [-0.15, -0.1) is 0 Å². The molecule has 0 N–H and O–H groups in total. The number of benzene rings is 4. The van der Waals surface area contributed by atoms with Gasteiger partial charge in [-0.25, -0.2) is 8.42 Å². The topological polar surface area (TPSA) is 125 Å². The van der Waals surface area contributed by atoms with Gasteiger partial charge in [0, 0.05) is 0 Å². The predicted octanol–water partition coefficient (Wildman–Crippen LogP) is 4.34. The molecule has 0 atom stereocenters. The summed E-state index contributed by atoms with van der Waals surface area (Å²) in [6.07, 6.45) is 0. The standard InChI is InChI=1S/C18H15O4S3.C7H8O3S/c19-24(20,17-12-6-2-7-13-17)23(16-10-4-1-5-11-16)25(21,22)18-14-8-3-9-15-18;1-6-2-4-7(5-3-6)11(8,9)10/h1-15H;2-5H,1H3,(H,8,9,10)/q+1;/p-1. The Bertz CT molecular complexity index is 1530. The highest BCUT2D eigenvalue weighted by Gasteiger charge is 2.52. The number of rotatable bonds is 6. The molecule has 7 nitrogen and oxygen atoms in total. The minimum Gasteiger partial charge on any atom is -0.744 e. The van der Waals surface area contributed by atoms with Crippen LogP contribution in [0.2, 0.25) is 0 Å². The van der Waals surface area contributed by atoms with Crippen molar-refractivity contribution in [3.63, 3.8) is 0 Å². The maximum Gasteiger partial charge on any atom is 0.367 e. The van der Waals surface area contributed by atoms with E-state index in [-0.39, 0.29) is 19.6 Å². The Labute approximate surface area is 213 Å². The van der Waals surface area contributed by atoms with Crippen LogP contribution in [0.5, 0.6) is 0 Å². The van der Waals surface area contributed by atoms with Crippen LogP contribution in [-0.2, 0) is 36.8 Å². The normalized spacial score (nSPS) is 12.0. The van der Waals surface area contributed by atoms with Crippen molar-refractivity contribution in [2.75, 3.05) is 0 Å². The fraction of sp³-hybridized carbons (Fsp3) is 0.0400. The second-order valence-corrected chi connectivity index (χ2v) is 17.7. The maximum atomic E-state index is 13.2. The molecular formula is C25H22O7S4. The summed E-state index contributed by atoms with van der Waals surface area (Å²) in [4.78, 5) is 0.0432. The van der Waals surface area contributed by atoms with Gasteiger partial charge >= 0.3 is 17.7 Å². The quantitative estimate of drug-likeness (QED) is 0.194. The molecule has 0 fully saturated rings. The lowest BCUT2D eigenvalue weighted by atomic mass is 10.2. The van der Waals surface area contributed by atoms with E-state index in [0.717, 1.165) is 5.56 Å². The molecule has 0 saturated heterocycles. The first-order valence-corrected chi connectivity index (χ1v) is 17.0. The van der Waals surface area contributed by atoms with Crippen molar-refractivity contribution in [2.24, 2.45) is 0 Å². The van der Waals surface area contributed by atoms with Crippen LogP contribution in [0.15, 0.2) is 135 Å². The van der Waals surface area contributed by atoms with Crippen LogP contribution in [0.1, 0.15) is 5.56 Å². The van der Waals surface area contributed by atoms with Gasteiger partial charge in [-0.3, -0.25) is 0 Å². The fourth-order valence-corrected chi connectivity index (χ4v) is 14.0. The summed E-state index contributed by atoms with van der Waals surface area (Å²) >= 11 is 0. The largest absolute Gasteiger partial charge is 0.744 e. The Morgan fingerprint density at radius 2 is 0.861 bits per heavy atom. The van der Waals surface area contributed by atoms with Gasteiger partial charge in [-0.05, 0) is 55.5 Å². The monoisotopic (exact) mass is 562 g/mol. The summed E-state index contributed by atoms with van der Waals surface area (Å²) in [5.74, 6) is 0. The van der Waals surface area contributed by atoms with Crippen molar-refractivity contribution < 1.29 is 29.8 Å². The highest BCUT2D eigenvalue weighted by molar-refractivity contribution is 9.01. The molecule has 0 aliphatic carbocycles. The summed E-state index contributed by atoms with van der Waals surface area (Å²) in [6, 6.07) is 29.2. The zero-order valence-corrected chi connectivity index (χ0v) is 22.2. The Balaban J connectivity index is 0.000000275. The van der Waals surface area contributed by atoms with Gasteiger partial charge in [-0.2, -0.15) is 16.8 Å². The lowest BCUT2D eigenvalue weighted by Gasteiger charge is -2.09. The maximum absolute atomic E-state index is 13.2. The van der Waals surface area contributed by atoms with E-state index in [1.807, 2.05) is 6.92 Å². The van der Waals surface area contributed by atoms with Gasteiger partial charge in [-0.1, -0.05) is 72.3 Å². The average Bonchev–Trinajstić information content (AvgIpc) is 2.86. The summed E-state index contributed by atoms with van der Waals surface area (Å²) in [5.41, 5.74) is 0.928. The summed E-state index contributed by atoms with van der Waals surface area (Å²) in [7, 11) is -14.6. The van der Waals surface area contributed by atoms with Crippen molar-refractivity contribution in [1.82, 2.24) is 0 Å². The molecule has 4 aromatic carbocycles. The molecule has 0 radical (unpaired) electrons. The first-order valence-electron chi connectivity index (χ1n) is 10.4. The molecule has 0 aromatic heterocycles. The van der Waals surface area contributed by atoms with Crippen LogP contribution in [0.3, 0.4) is 0 Å². The minimum atomic E-state index is -4.27. The van der Waals surface area contributed by atoms with E-state index in [1.165, 1.54) is 48.5 Å². The molecule has 0 aliphatic heterocycles. The van der Waals surface area contributed by atoms with Crippen LogP contribution in [0.4, 0.5) is 0 Å². The van der Waals surface area contributed by atoms with Crippen LogP contribution in [0, 0.1) is 6.92 Å². The summed E-state index contributed by atoms with van der Waals surface area (Å²) in [6.45, 7) is 1.82. The molecule has 11 heteroatoms. The molecule has 0 bridgehead atoms.